The zero-order valence-corrected chi connectivity index (χ0v) is 14.2. The lowest BCUT2D eigenvalue weighted by atomic mass is 10.0. The molecule has 4 nitrogen and oxygen atoms in total. The second kappa shape index (κ2) is 6.92. The topological polar surface area (TPSA) is 44.5 Å². The largest absolute Gasteiger partial charge is 0.401 e. The van der Waals surface area contributed by atoms with Gasteiger partial charge in [0.1, 0.15) is 0 Å². The molecule has 0 radical (unpaired) electrons. The Labute approximate surface area is 136 Å². The summed E-state index contributed by atoms with van der Waals surface area (Å²) in [5.41, 5.74) is 7.40. The van der Waals surface area contributed by atoms with E-state index in [2.05, 4.69) is 32.6 Å². The summed E-state index contributed by atoms with van der Waals surface area (Å²) in [5.74, 6) is 0. The fourth-order valence-electron chi connectivity index (χ4n) is 1.93. The molecule has 116 valence electrons. The minimum atomic E-state index is -0.266. The summed E-state index contributed by atoms with van der Waals surface area (Å²) < 4.78 is 5.69. The lowest BCUT2D eigenvalue weighted by Crippen LogP contribution is -2.47. The summed E-state index contributed by atoms with van der Waals surface area (Å²) in [4.78, 5) is 2.38. The highest BCUT2D eigenvalue weighted by Crippen LogP contribution is 2.22. The van der Waals surface area contributed by atoms with E-state index in [0.717, 1.165) is 31.2 Å². The van der Waals surface area contributed by atoms with E-state index in [0.29, 0.717) is 5.70 Å². The molecule has 1 aliphatic heterocycles. The van der Waals surface area contributed by atoms with E-state index in [1.807, 2.05) is 26.0 Å². The molecule has 1 saturated heterocycles. The molecule has 1 aromatic rings. The van der Waals surface area contributed by atoms with Crippen LogP contribution in [0.5, 0.6) is 0 Å². The van der Waals surface area contributed by atoms with E-state index in [4.69, 9.17) is 17.3 Å². The maximum atomic E-state index is 5.93. The van der Waals surface area contributed by atoms with Crippen LogP contribution < -0.4 is 15.4 Å². The first-order valence-corrected chi connectivity index (χ1v) is 8.18. The minimum Gasteiger partial charge on any atom is -0.401 e. The van der Waals surface area contributed by atoms with Gasteiger partial charge in [-0.25, -0.2) is 9.03 Å². The maximum Gasteiger partial charge on any atom is 0.0624 e. The fourth-order valence-corrected chi connectivity index (χ4v) is 2.89. The Bertz CT molecular complexity index is 481. The molecule has 21 heavy (non-hydrogen) atoms. The monoisotopic (exact) mass is 326 g/mol. The first-order valence-electron chi connectivity index (χ1n) is 7.03. The maximum absolute atomic E-state index is 5.93. The average Bonchev–Trinajstić information content (AvgIpc) is 2.46. The highest BCUT2D eigenvalue weighted by atomic mass is 35.5. The standard InChI is InChI=1S/C15H23ClN4S/c1-12(17)15(2,3)18-21-20-10-8-19(9-11-20)14-6-4-13(16)5-7-14/h4-7,18H,1,8-11,17H2,2-3H3. The second-order valence-electron chi connectivity index (χ2n) is 5.74. The summed E-state index contributed by atoms with van der Waals surface area (Å²) >= 11 is 7.55. The van der Waals surface area contributed by atoms with Gasteiger partial charge in [-0.2, -0.15) is 0 Å². The van der Waals surface area contributed by atoms with Crippen LogP contribution in [0, 0.1) is 0 Å². The minimum absolute atomic E-state index is 0.266. The number of hydrogen-bond acceptors (Lipinski definition) is 5. The van der Waals surface area contributed by atoms with E-state index in [-0.39, 0.29) is 5.54 Å². The van der Waals surface area contributed by atoms with Gasteiger partial charge >= 0.3 is 0 Å². The van der Waals surface area contributed by atoms with Crippen LogP contribution in [0.4, 0.5) is 5.69 Å². The van der Waals surface area contributed by atoms with Gasteiger partial charge in [-0.3, -0.25) is 0 Å². The zero-order chi connectivity index (χ0) is 15.5. The van der Waals surface area contributed by atoms with Crippen LogP contribution in [0.1, 0.15) is 13.8 Å². The van der Waals surface area contributed by atoms with Gasteiger partial charge in [0.2, 0.25) is 0 Å². The number of nitrogens with two attached hydrogens (primary N) is 1. The summed E-state index contributed by atoms with van der Waals surface area (Å²) in [5, 5.41) is 0.779. The van der Waals surface area contributed by atoms with Crippen molar-refractivity contribution in [2.45, 2.75) is 19.4 Å². The Morgan fingerprint density at radius 3 is 2.33 bits per heavy atom. The lowest BCUT2D eigenvalue weighted by molar-refractivity contribution is 0.420. The van der Waals surface area contributed by atoms with Gasteiger partial charge in [0.25, 0.3) is 0 Å². The molecule has 1 heterocycles. The van der Waals surface area contributed by atoms with E-state index in [9.17, 15) is 0 Å². The van der Waals surface area contributed by atoms with Crippen molar-refractivity contribution >= 4 is 29.4 Å². The molecule has 1 fully saturated rings. The molecule has 0 spiro atoms. The van der Waals surface area contributed by atoms with Crippen LogP contribution in [0.3, 0.4) is 0 Å². The third-order valence-electron chi connectivity index (χ3n) is 3.66. The predicted molar refractivity (Wildman–Crippen MR) is 93.4 cm³/mol. The first kappa shape index (κ1) is 16.5. The molecule has 0 aromatic heterocycles. The zero-order valence-electron chi connectivity index (χ0n) is 12.6. The van der Waals surface area contributed by atoms with Crippen molar-refractivity contribution < 1.29 is 0 Å². The van der Waals surface area contributed by atoms with Crippen molar-refractivity contribution in [3.05, 3.63) is 41.6 Å². The summed E-state index contributed by atoms with van der Waals surface area (Å²) in [6, 6.07) is 8.03. The molecule has 3 N–H and O–H groups in total. The molecular weight excluding hydrogens is 304 g/mol. The number of nitrogens with one attached hydrogen (secondary N) is 1. The van der Waals surface area contributed by atoms with Crippen LogP contribution in [0.2, 0.25) is 5.02 Å². The summed E-state index contributed by atoms with van der Waals surface area (Å²) in [6.07, 6.45) is 0. The van der Waals surface area contributed by atoms with Gasteiger partial charge in [-0.15, -0.1) is 0 Å². The molecule has 2 rings (SSSR count). The SMILES string of the molecule is C=C(N)C(C)(C)NSN1CCN(c2ccc(Cl)cc2)CC1. The van der Waals surface area contributed by atoms with Crippen LogP contribution in [-0.2, 0) is 0 Å². The highest BCUT2D eigenvalue weighted by Gasteiger charge is 2.23. The Balaban J connectivity index is 1.81. The summed E-state index contributed by atoms with van der Waals surface area (Å²) in [6.45, 7) is 11.9. The van der Waals surface area contributed by atoms with Crippen molar-refractivity contribution in [2.75, 3.05) is 31.1 Å². The van der Waals surface area contributed by atoms with Gasteiger partial charge in [0, 0.05) is 54.7 Å². The van der Waals surface area contributed by atoms with Gasteiger partial charge < -0.3 is 10.6 Å². The van der Waals surface area contributed by atoms with Gasteiger partial charge in [-0.05, 0) is 38.1 Å². The first-order chi connectivity index (χ1) is 9.88. The fraction of sp³-hybridized carbons (Fsp3) is 0.467. The molecule has 0 aliphatic carbocycles. The van der Waals surface area contributed by atoms with E-state index in [1.165, 1.54) is 5.69 Å². The number of halogens is 1. The average molecular weight is 327 g/mol. The number of rotatable bonds is 5. The van der Waals surface area contributed by atoms with Crippen LogP contribution >= 0.6 is 23.7 Å². The Hall–Kier alpha value is -0.880. The predicted octanol–water partition coefficient (Wildman–Crippen LogP) is 2.87. The number of hydrogen-bond donors (Lipinski definition) is 2. The van der Waals surface area contributed by atoms with Crippen molar-refractivity contribution in [1.82, 2.24) is 9.03 Å². The van der Waals surface area contributed by atoms with Gasteiger partial charge in [0.15, 0.2) is 0 Å². The normalized spacial score (nSPS) is 17.0. The van der Waals surface area contributed by atoms with Crippen LogP contribution in [-0.4, -0.2) is 36.0 Å². The Morgan fingerprint density at radius 1 is 1.24 bits per heavy atom. The van der Waals surface area contributed by atoms with Crippen molar-refractivity contribution in [3.63, 3.8) is 0 Å². The molecule has 0 bridgehead atoms. The van der Waals surface area contributed by atoms with Gasteiger partial charge in [0.05, 0.1) is 5.54 Å². The quantitative estimate of drug-likeness (QED) is 0.815. The molecular formula is C15H23ClN4S. The molecule has 0 saturated carbocycles. The van der Waals surface area contributed by atoms with Crippen molar-refractivity contribution in [3.8, 4) is 0 Å². The van der Waals surface area contributed by atoms with Crippen LogP contribution in [0.25, 0.3) is 0 Å². The third-order valence-corrected chi connectivity index (χ3v) is 5.14. The van der Waals surface area contributed by atoms with Crippen LogP contribution in [0.15, 0.2) is 36.5 Å². The molecule has 0 amide bonds. The molecule has 1 aromatic carbocycles. The van der Waals surface area contributed by atoms with E-state index >= 15 is 0 Å². The smallest absolute Gasteiger partial charge is 0.0624 e. The molecule has 1 aliphatic rings. The third kappa shape index (κ3) is 4.54. The number of nitrogens with zero attached hydrogens (tertiary/aromatic N) is 2. The molecule has 0 unspecified atom stereocenters. The second-order valence-corrected chi connectivity index (χ2v) is 7.08. The lowest BCUT2D eigenvalue weighted by Gasteiger charge is -2.37. The number of benzene rings is 1. The molecule has 6 heteroatoms. The number of anilines is 1. The van der Waals surface area contributed by atoms with E-state index < -0.39 is 0 Å². The summed E-state index contributed by atoms with van der Waals surface area (Å²) in [7, 11) is 0. The Kier molecular flexibility index (Phi) is 5.43. The van der Waals surface area contributed by atoms with Crippen molar-refractivity contribution in [2.24, 2.45) is 5.73 Å². The highest BCUT2D eigenvalue weighted by molar-refractivity contribution is 7.95. The Morgan fingerprint density at radius 2 is 1.81 bits per heavy atom. The van der Waals surface area contributed by atoms with Gasteiger partial charge in [-0.1, -0.05) is 18.2 Å². The van der Waals surface area contributed by atoms with Crippen molar-refractivity contribution in [1.29, 1.82) is 0 Å². The molecule has 0 atom stereocenters. The number of piperazine rings is 1. The van der Waals surface area contributed by atoms with E-state index in [1.54, 1.807) is 12.1 Å².